The molecule has 11 heteroatoms. The highest BCUT2D eigenvalue weighted by molar-refractivity contribution is 5.97. The van der Waals surface area contributed by atoms with E-state index in [0.29, 0.717) is 41.5 Å². The van der Waals surface area contributed by atoms with Crippen LogP contribution in [-0.4, -0.2) is 55.6 Å². The number of amides is 1. The number of carbonyl (C=O) groups is 3. The van der Waals surface area contributed by atoms with Crippen molar-refractivity contribution >= 4 is 29.1 Å². The fourth-order valence-corrected chi connectivity index (χ4v) is 5.95. The fraction of sp³-hybridized carbons (Fsp3) is 0.359. The van der Waals surface area contributed by atoms with Gasteiger partial charge in [0.05, 0.1) is 17.6 Å². The first-order valence-electron chi connectivity index (χ1n) is 16.8. The van der Waals surface area contributed by atoms with Crippen molar-refractivity contribution in [2.24, 2.45) is 0 Å². The van der Waals surface area contributed by atoms with Gasteiger partial charge in [0.2, 0.25) is 11.8 Å². The van der Waals surface area contributed by atoms with Crippen LogP contribution in [0.2, 0.25) is 0 Å². The lowest BCUT2D eigenvalue weighted by Gasteiger charge is -2.21. The molecule has 0 N–H and O–H groups in total. The van der Waals surface area contributed by atoms with Crippen LogP contribution in [0.5, 0.6) is 0 Å². The van der Waals surface area contributed by atoms with Crippen molar-refractivity contribution in [3.8, 4) is 22.7 Å². The SMILES string of the molecule is CC(C)(C)OC(=O)Cc1ccc2c(c1)cc(-c1ccc(-c3nnc([C@@H]4CCCN4C(=O)OCc4ccccc4)o3)cc1)n2C(=O)OC(C)(C)C. The number of benzene rings is 3. The van der Waals surface area contributed by atoms with Crippen molar-refractivity contribution in [2.75, 3.05) is 6.54 Å². The summed E-state index contributed by atoms with van der Waals surface area (Å²) in [6.45, 7) is 11.7. The van der Waals surface area contributed by atoms with E-state index in [1.54, 1.807) is 9.47 Å². The summed E-state index contributed by atoms with van der Waals surface area (Å²) in [6.07, 6.45) is 0.657. The molecule has 0 radical (unpaired) electrons. The van der Waals surface area contributed by atoms with Crippen molar-refractivity contribution in [3.63, 3.8) is 0 Å². The first kappa shape index (κ1) is 34.4. The molecule has 1 saturated heterocycles. The summed E-state index contributed by atoms with van der Waals surface area (Å²) in [7, 11) is 0. The van der Waals surface area contributed by atoms with E-state index in [1.807, 2.05) is 120 Å². The predicted molar refractivity (Wildman–Crippen MR) is 187 cm³/mol. The Morgan fingerprint density at radius 3 is 2.20 bits per heavy atom. The van der Waals surface area contributed by atoms with E-state index in [2.05, 4.69) is 10.2 Å². The minimum Gasteiger partial charge on any atom is -0.460 e. The normalized spacial score (nSPS) is 14.9. The summed E-state index contributed by atoms with van der Waals surface area (Å²) in [5.41, 5.74) is 3.09. The van der Waals surface area contributed by atoms with E-state index in [1.165, 1.54) is 0 Å². The number of esters is 1. The number of ether oxygens (including phenoxy) is 3. The van der Waals surface area contributed by atoms with Gasteiger partial charge in [-0.05, 0) is 101 Å². The monoisotopic (exact) mass is 678 g/mol. The molecule has 3 heterocycles. The molecule has 1 fully saturated rings. The number of rotatable bonds is 7. The number of carbonyl (C=O) groups excluding carboxylic acids is 3. The summed E-state index contributed by atoms with van der Waals surface area (Å²) in [4.78, 5) is 40.7. The molecule has 5 aromatic rings. The van der Waals surface area contributed by atoms with E-state index in [-0.39, 0.29) is 25.0 Å². The highest BCUT2D eigenvalue weighted by Crippen LogP contribution is 2.35. The highest BCUT2D eigenvalue weighted by atomic mass is 16.6. The third-order valence-corrected chi connectivity index (χ3v) is 8.06. The van der Waals surface area contributed by atoms with Crippen molar-refractivity contribution in [1.29, 1.82) is 0 Å². The van der Waals surface area contributed by atoms with Crippen molar-refractivity contribution in [1.82, 2.24) is 19.7 Å². The van der Waals surface area contributed by atoms with Gasteiger partial charge in [0.15, 0.2) is 0 Å². The van der Waals surface area contributed by atoms with Gasteiger partial charge in [-0.2, -0.15) is 0 Å². The molecule has 50 heavy (non-hydrogen) atoms. The minimum atomic E-state index is -0.714. The zero-order valence-corrected chi connectivity index (χ0v) is 29.3. The molecule has 3 aromatic carbocycles. The Morgan fingerprint density at radius 2 is 1.50 bits per heavy atom. The lowest BCUT2D eigenvalue weighted by Crippen LogP contribution is -2.31. The van der Waals surface area contributed by atoms with Gasteiger partial charge in [-0.3, -0.25) is 9.69 Å². The molecular formula is C39H42N4O7. The molecule has 0 spiro atoms. The molecule has 1 aliphatic heterocycles. The smallest absolute Gasteiger partial charge is 0.419 e. The van der Waals surface area contributed by atoms with E-state index >= 15 is 0 Å². The van der Waals surface area contributed by atoms with Gasteiger partial charge in [-0.25, -0.2) is 14.2 Å². The van der Waals surface area contributed by atoms with Crippen molar-refractivity contribution < 1.29 is 33.0 Å². The molecule has 0 aliphatic carbocycles. The molecule has 0 bridgehead atoms. The second kappa shape index (κ2) is 13.8. The lowest BCUT2D eigenvalue weighted by atomic mass is 10.1. The summed E-state index contributed by atoms with van der Waals surface area (Å²) in [6, 6.07) is 24.0. The highest BCUT2D eigenvalue weighted by Gasteiger charge is 2.35. The molecule has 260 valence electrons. The average molecular weight is 679 g/mol. The van der Waals surface area contributed by atoms with Crippen LogP contribution >= 0.6 is 0 Å². The Morgan fingerprint density at radius 1 is 0.800 bits per heavy atom. The molecule has 0 saturated carbocycles. The molecule has 2 aromatic heterocycles. The van der Waals surface area contributed by atoms with E-state index < -0.39 is 23.4 Å². The Kier molecular flexibility index (Phi) is 9.51. The molecule has 11 nitrogen and oxygen atoms in total. The maximum atomic E-state index is 13.6. The molecular weight excluding hydrogens is 636 g/mol. The van der Waals surface area contributed by atoms with Crippen LogP contribution in [0.15, 0.2) is 83.3 Å². The fourth-order valence-electron chi connectivity index (χ4n) is 5.95. The standard InChI is InChI=1S/C39H42N4O7/c1-38(2,3)49-33(44)22-26-14-19-30-29(21-26)23-32(43(30)37(46)50-39(4,5)6)27-15-17-28(18-16-27)34-40-41-35(48-34)31-13-10-20-42(31)36(45)47-24-25-11-8-7-9-12-25/h7-9,11-12,14-19,21,23,31H,10,13,20,22,24H2,1-6H3/t31-/m0/s1. The summed E-state index contributed by atoms with van der Waals surface area (Å²) in [5.74, 6) is 0.341. The van der Waals surface area contributed by atoms with E-state index in [4.69, 9.17) is 18.6 Å². The maximum absolute atomic E-state index is 13.6. The van der Waals surface area contributed by atoms with Crippen LogP contribution in [0, 0.1) is 0 Å². The van der Waals surface area contributed by atoms with Gasteiger partial charge >= 0.3 is 18.2 Å². The van der Waals surface area contributed by atoms with Crippen LogP contribution in [0.3, 0.4) is 0 Å². The number of likely N-dealkylation sites (tertiary alicyclic amines) is 1. The van der Waals surface area contributed by atoms with Crippen LogP contribution in [-0.2, 0) is 32.0 Å². The number of aromatic nitrogens is 3. The van der Waals surface area contributed by atoms with Crippen molar-refractivity contribution in [2.45, 2.75) is 84.7 Å². The predicted octanol–water partition coefficient (Wildman–Crippen LogP) is 8.50. The van der Waals surface area contributed by atoms with Gasteiger partial charge in [0.1, 0.15) is 23.9 Å². The average Bonchev–Trinajstić information content (AvgIpc) is 3.81. The molecule has 1 atom stereocenters. The third-order valence-electron chi connectivity index (χ3n) is 8.06. The molecule has 1 amide bonds. The molecule has 1 aliphatic rings. The van der Waals surface area contributed by atoms with Gasteiger partial charge in [0, 0.05) is 17.5 Å². The minimum absolute atomic E-state index is 0.106. The van der Waals surface area contributed by atoms with Crippen LogP contribution < -0.4 is 0 Å². The zero-order valence-electron chi connectivity index (χ0n) is 29.3. The maximum Gasteiger partial charge on any atom is 0.419 e. The van der Waals surface area contributed by atoms with E-state index in [0.717, 1.165) is 28.5 Å². The van der Waals surface area contributed by atoms with Gasteiger partial charge in [-0.15, -0.1) is 10.2 Å². The first-order chi connectivity index (χ1) is 23.7. The van der Waals surface area contributed by atoms with Crippen LogP contribution in [0.1, 0.15) is 77.4 Å². The zero-order chi connectivity index (χ0) is 35.6. The van der Waals surface area contributed by atoms with Crippen molar-refractivity contribution in [3.05, 3.63) is 95.9 Å². The number of hydrogen-bond donors (Lipinski definition) is 0. The van der Waals surface area contributed by atoms with Gasteiger partial charge in [0.25, 0.3) is 0 Å². The Balaban J connectivity index is 1.23. The molecule has 6 rings (SSSR count). The Hall–Kier alpha value is -5.45. The van der Waals surface area contributed by atoms with Crippen LogP contribution in [0.4, 0.5) is 9.59 Å². The summed E-state index contributed by atoms with van der Waals surface area (Å²) in [5, 5.41) is 9.35. The number of fused-ring (bicyclic) bond motifs is 1. The second-order valence-electron chi connectivity index (χ2n) is 14.4. The number of hydrogen-bond acceptors (Lipinski definition) is 9. The lowest BCUT2D eigenvalue weighted by molar-refractivity contribution is -0.153. The summed E-state index contributed by atoms with van der Waals surface area (Å²) >= 11 is 0. The quantitative estimate of drug-likeness (QED) is 0.123. The first-order valence-corrected chi connectivity index (χ1v) is 16.8. The largest absolute Gasteiger partial charge is 0.460 e. The van der Waals surface area contributed by atoms with Crippen LogP contribution in [0.25, 0.3) is 33.6 Å². The summed E-state index contributed by atoms with van der Waals surface area (Å²) < 4.78 is 24.5. The number of nitrogens with zero attached hydrogens (tertiary/aromatic N) is 4. The van der Waals surface area contributed by atoms with E-state index in [9.17, 15) is 14.4 Å². The topological polar surface area (TPSA) is 126 Å². The molecule has 0 unspecified atom stereocenters. The second-order valence-corrected chi connectivity index (χ2v) is 14.4. The third kappa shape index (κ3) is 8.05. The van der Waals surface area contributed by atoms with Gasteiger partial charge < -0.3 is 18.6 Å². The van der Waals surface area contributed by atoms with Gasteiger partial charge in [-0.1, -0.05) is 48.5 Å². The Bertz CT molecular complexity index is 2000. The Labute approximate surface area is 291 Å².